The van der Waals surface area contributed by atoms with Gasteiger partial charge in [0.25, 0.3) is 5.91 Å². The summed E-state index contributed by atoms with van der Waals surface area (Å²) in [6.45, 7) is 9.06. The lowest BCUT2D eigenvalue weighted by Crippen LogP contribution is -2.47. The van der Waals surface area contributed by atoms with Crippen LogP contribution >= 0.6 is 23.2 Å². The quantitative estimate of drug-likeness (QED) is 0.369. The van der Waals surface area contributed by atoms with Gasteiger partial charge in [-0.25, -0.2) is 9.37 Å². The lowest BCUT2D eigenvalue weighted by Gasteiger charge is -2.36. The van der Waals surface area contributed by atoms with E-state index in [1.54, 1.807) is 18.2 Å². The fourth-order valence-corrected chi connectivity index (χ4v) is 5.05. The summed E-state index contributed by atoms with van der Waals surface area (Å²) in [7, 11) is 0. The Bertz CT molecular complexity index is 1190. The average Bonchev–Trinajstić information content (AvgIpc) is 3.20. The van der Waals surface area contributed by atoms with Gasteiger partial charge in [-0.1, -0.05) is 36.2 Å². The van der Waals surface area contributed by atoms with Crippen molar-refractivity contribution in [2.45, 2.75) is 33.1 Å². The van der Waals surface area contributed by atoms with Crippen molar-refractivity contribution in [2.75, 3.05) is 44.2 Å². The van der Waals surface area contributed by atoms with Crippen molar-refractivity contribution in [2.24, 2.45) is 0 Å². The number of hydrogen-bond donors (Lipinski definition) is 1. The Labute approximate surface area is 222 Å². The van der Waals surface area contributed by atoms with E-state index in [1.807, 2.05) is 23.6 Å². The first-order valence-electron chi connectivity index (χ1n) is 12.4. The topological polar surface area (TPSA) is 53.4 Å². The lowest BCUT2D eigenvalue weighted by atomic mass is 10.2. The number of halogens is 3. The number of carbonyl (C=O) groups is 1. The van der Waals surface area contributed by atoms with Crippen LogP contribution in [0.15, 0.2) is 42.5 Å². The monoisotopic (exact) mass is 531 g/mol. The molecule has 1 aliphatic rings. The molecule has 4 rings (SSSR count). The van der Waals surface area contributed by atoms with Crippen LogP contribution in [0.5, 0.6) is 0 Å². The standard InChI is InChI=1S/C27H32Cl2FN5O/c1-3-6-24-32-26(19(2)35(24)21-11-9-20(30)10-12-21)27(36)31-13-5-14-33-15-17-34(18-16-33)23-8-4-7-22(28)25(23)29/h4,7-12H,3,5-6,13-18H2,1-2H3,(H,31,36). The summed E-state index contributed by atoms with van der Waals surface area (Å²) in [6, 6.07) is 12.0. The van der Waals surface area contributed by atoms with Gasteiger partial charge in [0.1, 0.15) is 17.3 Å². The highest BCUT2D eigenvalue weighted by atomic mass is 35.5. The molecule has 6 nitrogen and oxygen atoms in total. The molecule has 1 fully saturated rings. The Balaban J connectivity index is 1.29. The van der Waals surface area contributed by atoms with Crippen LogP contribution in [0, 0.1) is 12.7 Å². The van der Waals surface area contributed by atoms with Crippen LogP contribution < -0.4 is 10.2 Å². The second-order valence-corrected chi connectivity index (χ2v) is 9.82. The number of nitrogens with zero attached hydrogens (tertiary/aromatic N) is 4. The summed E-state index contributed by atoms with van der Waals surface area (Å²) < 4.78 is 15.4. The Morgan fingerprint density at radius 3 is 2.50 bits per heavy atom. The number of anilines is 1. The van der Waals surface area contributed by atoms with E-state index in [1.165, 1.54) is 12.1 Å². The van der Waals surface area contributed by atoms with Gasteiger partial charge in [0.05, 0.1) is 21.4 Å². The van der Waals surface area contributed by atoms with Crippen LogP contribution in [0.1, 0.15) is 41.8 Å². The highest BCUT2D eigenvalue weighted by Crippen LogP contribution is 2.32. The minimum Gasteiger partial charge on any atom is -0.368 e. The van der Waals surface area contributed by atoms with Crippen molar-refractivity contribution >= 4 is 34.8 Å². The molecule has 0 unspecified atom stereocenters. The molecule has 0 spiro atoms. The zero-order chi connectivity index (χ0) is 25.7. The molecular weight excluding hydrogens is 500 g/mol. The third-order valence-electron chi connectivity index (χ3n) is 6.53. The van der Waals surface area contributed by atoms with Gasteiger partial charge in [-0.15, -0.1) is 0 Å². The fraction of sp³-hybridized carbons (Fsp3) is 0.407. The summed E-state index contributed by atoms with van der Waals surface area (Å²) in [5, 5.41) is 4.21. The first-order chi connectivity index (χ1) is 17.4. The summed E-state index contributed by atoms with van der Waals surface area (Å²) in [4.78, 5) is 22.2. The second-order valence-electron chi connectivity index (χ2n) is 9.03. The number of carbonyl (C=O) groups excluding carboxylic acids is 1. The van der Waals surface area contributed by atoms with E-state index in [-0.39, 0.29) is 11.7 Å². The number of amides is 1. The Morgan fingerprint density at radius 2 is 1.81 bits per heavy atom. The largest absolute Gasteiger partial charge is 0.368 e. The molecule has 0 atom stereocenters. The van der Waals surface area contributed by atoms with Crippen LogP contribution in [-0.4, -0.2) is 59.6 Å². The zero-order valence-corrected chi connectivity index (χ0v) is 22.2. The molecule has 1 aliphatic heterocycles. The third-order valence-corrected chi connectivity index (χ3v) is 7.34. The number of piperazine rings is 1. The molecular formula is C27H32Cl2FN5O. The van der Waals surface area contributed by atoms with Crippen molar-refractivity contribution in [1.29, 1.82) is 0 Å². The second kappa shape index (κ2) is 12.1. The Morgan fingerprint density at radius 1 is 1.08 bits per heavy atom. The maximum atomic E-state index is 13.4. The van der Waals surface area contributed by atoms with Gasteiger partial charge in [-0.3, -0.25) is 9.69 Å². The summed E-state index contributed by atoms with van der Waals surface area (Å²) in [5.41, 5.74) is 2.98. The summed E-state index contributed by atoms with van der Waals surface area (Å²) in [6.07, 6.45) is 2.48. The first-order valence-corrected chi connectivity index (χ1v) is 13.2. The molecule has 2 heterocycles. The molecule has 0 radical (unpaired) electrons. The molecule has 2 aromatic carbocycles. The molecule has 1 amide bonds. The van der Waals surface area contributed by atoms with Crippen molar-refractivity contribution in [1.82, 2.24) is 19.8 Å². The van der Waals surface area contributed by atoms with Crippen molar-refractivity contribution < 1.29 is 9.18 Å². The van der Waals surface area contributed by atoms with Crippen LogP contribution in [-0.2, 0) is 6.42 Å². The number of aromatic nitrogens is 2. The highest BCUT2D eigenvalue weighted by molar-refractivity contribution is 6.43. The van der Waals surface area contributed by atoms with Gasteiger partial charge in [0, 0.05) is 44.8 Å². The van der Waals surface area contributed by atoms with E-state index < -0.39 is 0 Å². The van der Waals surface area contributed by atoms with Gasteiger partial charge in [0.2, 0.25) is 0 Å². The molecule has 192 valence electrons. The predicted octanol–water partition coefficient (Wildman–Crippen LogP) is 5.52. The van der Waals surface area contributed by atoms with E-state index in [0.717, 1.165) is 74.9 Å². The van der Waals surface area contributed by atoms with Crippen molar-refractivity contribution in [3.63, 3.8) is 0 Å². The fourth-order valence-electron chi connectivity index (χ4n) is 4.64. The van der Waals surface area contributed by atoms with E-state index >= 15 is 0 Å². The first kappa shape index (κ1) is 26.5. The van der Waals surface area contributed by atoms with Crippen LogP contribution in [0.3, 0.4) is 0 Å². The predicted molar refractivity (Wildman–Crippen MR) is 144 cm³/mol. The molecule has 36 heavy (non-hydrogen) atoms. The molecule has 3 aromatic rings. The molecule has 0 saturated carbocycles. The minimum atomic E-state index is -0.291. The number of nitrogens with one attached hydrogen (secondary N) is 1. The van der Waals surface area contributed by atoms with E-state index in [0.29, 0.717) is 22.3 Å². The minimum absolute atomic E-state index is 0.175. The Kier molecular flexibility index (Phi) is 8.88. The van der Waals surface area contributed by atoms with Gasteiger partial charge in [-0.2, -0.15) is 0 Å². The van der Waals surface area contributed by atoms with Crippen LogP contribution in [0.25, 0.3) is 5.69 Å². The SMILES string of the molecule is CCCc1nc(C(=O)NCCCN2CCN(c3cccc(Cl)c3Cl)CC2)c(C)n1-c1ccc(F)cc1. The smallest absolute Gasteiger partial charge is 0.271 e. The summed E-state index contributed by atoms with van der Waals surface area (Å²) >= 11 is 12.5. The maximum absolute atomic E-state index is 13.4. The molecule has 0 bridgehead atoms. The zero-order valence-electron chi connectivity index (χ0n) is 20.7. The number of imidazole rings is 1. The van der Waals surface area contributed by atoms with Crippen molar-refractivity contribution in [3.8, 4) is 5.69 Å². The molecule has 0 aliphatic carbocycles. The lowest BCUT2D eigenvalue weighted by molar-refractivity contribution is 0.0946. The number of hydrogen-bond acceptors (Lipinski definition) is 4. The number of aryl methyl sites for hydroxylation is 1. The number of rotatable bonds is 9. The average molecular weight is 532 g/mol. The number of benzene rings is 2. The van der Waals surface area contributed by atoms with Crippen LogP contribution in [0.4, 0.5) is 10.1 Å². The maximum Gasteiger partial charge on any atom is 0.271 e. The van der Waals surface area contributed by atoms with E-state index in [9.17, 15) is 9.18 Å². The van der Waals surface area contributed by atoms with E-state index in [4.69, 9.17) is 23.2 Å². The van der Waals surface area contributed by atoms with E-state index in [2.05, 4.69) is 27.0 Å². The molecule has 1 saturated heterocycles. The van der Waals surface area contributed by atoms with Crippen molar-refractivity contribution in [3.05, 3.63) is 75.5 Å². The summed E-state index contributed by atoms with van der Waals surface area (Å²) in [5.74, 6) is 0.344. The Hall–Kier alpha value is -2.61. The highest BCUT2D eigenvalue weighted by Gasteiger charge is 2.21. The van der Waals surface area contributed by atoms with Gasteiger partial charge >= 0.3 is 0 Å². The molecule has 1 N–H and O–H groups in total. The van der Waals surface area contributed by atoms with Gasteiger partial charge < -0.3 is 14.8 Å². The van der Waals surface area contributed by atoms with Gasteiger partial charge in [0.15, 0.2) is 0 Å². The molecule has 9 heteroatoms. The normalized spacial score (nSPS) is 14.3. The van der Waals surface area contributed by atoms with Crippen LogP contribution in [0.2, 0.25) is 10.0 Å². The van der Waals surface area contributed by atoms with Gasteiger partial charge in [-0.05, 0) is 62.7 Å². The molecule has 1 aromatic heterocycles. The third kappa shape index (κ3) is 6.02.